The zero-order chi connectivity index (χ0) is 8.32. The molecule has 0 bridgehead atoms. The van der Waals surface area contributed by atoms with Gasteiger partial charge in [-0.15, -0.1) is 0 Å². The SMILES string of the molecule is C[N+]1(CC(=O)O)CCCCC1.[Cl-]. The largest absolute Gasteiger partial charge is 1.00 e. The predicted octanol–water partition coefficient (Wildman–Crippen LogP) is -2.29. The van der Waals surface area contributed by atoms with Crippen molar-refractivity contribution in [3.63, 3.8) is 0 Å². The van der Waals surface area contributed by atoms with Crippen molar-refractivity contribution >= 4 is 5.97 Å². The number of piperidine rings is 1. The molecule has 72 valence electrons. The van der Waals surface area contributed by atoms with E-state index in [0.717, 1.165) is 17.6 Å². The maximum absolute atomic E-state index is 10.5. The first-order valence-corrected chi connectivity index (χ1v) is 4.18. The maximum atomic E-state index is 10.5. The lowest BCUT2D eigenvalue weighted by Gasteiger charge is -2.36. The number of carboxylic acids is 1. The van der Waals surface area contributed by atoms with E-state index in [2.05, 4.69) is 0 Å². The monoisotopic (exact) mass is 193 g/mol. The van der Waals surface area contributed by atoms with Crippen LogP contribution in [0.25, 0.3) is 0 Å². The van der Waals surface area contributed by atoms with Crippen LogP contribution >= 0.6 is 0 Å². The molecule has 1 fully saturated rings. The summed E-state index contributed by atoms with van der Waals surface area (Å²) >= 11 is 0. The van der Waals surface area contributed by atoms with Crippen molar-refractivity contribution in [1.29, 1.82) is 0 Å². The van der Waals surface area contributed by atoms with Gasteiger partial charge in [-0.05, 0) is 19.3 Å². The van der Waals surface area contributed by atoms with Crippen LogP contribution < -0.4 is 12.4 Å². The van der Waals surface area contributed by atoms with E-state index in [-0.39, 0.29) is 12.4 Å². The van der Waals surface area contributed by atoms with Crippen molar-refractivity contribution in [1.82, 2.24) is 0 Å². The van der Waals surface area contributed by atoms with E-state index in [1.807, 2.05) is 7.05 Å². The van der Waals surface area contributed by atoms with E-state index in [4.69, 9.17) is 5.11 Å². The third-order valence-corrected chi connectivity index (χ3v) is 2.41. The van der Waals surface area contributed by atoms with Gasteiger partial charge in [-0.1, -0.05) is 0 Å². The van der Waals surface area contributed by atoms with Gasteiger partial charge >= 0.3 is 5.97 Å². The van der Waals surface area contributed by atoms with Gasteiger partial charge in [-0.25, -0.2) is 4.79 Å². The molecule has 0 aromatic heterocycles. The molecule has 1 heterocycles. The molecule has 0 aromatic carbocycles. The lowest BCUT2D eigenvalue weighted by atomic mass is 10.1. The minimum absolute atomic E-state index is 0. The second kappa shape index (κ2) is 4.67. The van der Waals surface area contributed by atoms with Crippen LogP contribution in [0.3, 0.4) is 0 Å². The Morgan fingerprint density at radius 1 is 1.33 bits per heavy atom. The van der Waals surface area contributed by atoms with Crippen molar-refractivity contribution in [2.75, 3.05) is 26.7 Å². The summed E-state index contributed by atoms with van der Waals surface area (Å²) in [6.07, 6.45) is 3.64. The van der Waals surface area contributed by atoms with E-state index in [0.29, 0.717) is 6.54 Å². The molecule has 12 heavy (non-hydrogen) atoms. The smallest absolute Gasteiger partial charge is 0.359 e. The summed E-state index contributed by atoms with van der Waals surface area (Å²) in [5, 5.41) is 8.62. The first-order chi connectivity index (χ1) is 5.12. The maximum Gasteiger partial charge on any atom is 0.359 e. The van der Waals surface area contributed by atoms with Crippen LogP contribution in [0.4, 0.5) is 0 Å². The second-order valence-electron chi connectivity index (χ2n) is 3.68. The Bertz CT molecular complexity index is 155. The molecule has 1 aliphatic rings. The summed E-state index contributed by atoms with van der Waals surface area (Å²) in [4.78, 5) is 10.5. The Morgan fingerprint density at radius 3 is 2.25 bits per heavy atom. The molecule has 0 aromatic rings. The molecule has 3 nitrogen and oxygen atoms in total. The quantitative estimate of drug-likeness (QED) is 0.502. The zero-order valence-electron chi connectivity index (χ0n) is 7.42. The van der Waals surface area contributed by atoms with Crippen LogP contribution in [0, 0.1) is 0 Å². The first-order valence-electron chi connectivity index (χ1n) is 4.18. The zero-order valence-corrected chi connectivity index (χ0v) is 8.18. The number of carbonyl (C=O) groups is 1. The topological polar surface area (TPSA) is 37.3 Å². The molecule has 1 N–H and O–H groups in total. The van der Waals surface area contributed by atoms with Gasteiger partial charge in [0.1, 0.15) is 0 Å². The number of nitrogens with zero attached hydrogens (tertiary/aromatic N) is 1. The fourth-order valence-corrected chi connectivity index (χ4v) is 1.76. The average Bonchev–Trinajstić information content (AvgIpc) is 1.85. The van der Waals surface area contributed by atoms with Crippen molar-refractivity contribution < 1.29 is 26.8 Å². The molecule has 1 rings (SSSR count). The molecule has 0 radical (unpaired) electrons. The van der Waals surface area contributed by atoms with Crippen LogP contribution in [0.2, 0.25) is 0 Å². The van der Waals surface area contributed by atoms with E-state index < -0.39 is 5.97 Å². The van der Waals surface area contributed by atoms with Crippen LogP contribution in [0.5, 0.6) is 0 Å². The molecule has 1 aliphatic heterocycles. The van der Waals surface area contributed by atoms with Gasteiger partial charge < -0.3 is 22.0 Å². The number of likely N-dealkylation sites (N-methyl/N-ethyl adjacent to an activating group) is 1. The van der Waals surface area contributed by atoms with E-state index in [1.54, 1.807) is 0 Å². The summed E-state index contributed by atoms with van der Waals surface area (Å²) in [7, 11) is 2.04. The second-order valence-corrected chi connectivity index (χ2v) is 3.68. The average molecular weight is 194 g/mol. The minimum Gasteiger partial charge on any atom is -1.00 e. The highest BCUT2D eigenvalue weighted by atomic mass is 35.5. The van der Waals surface area contributed by atoms with Gasteiger partial charge in [-0.2, -0.15) is 0 Å². The highest BCUT2D eigenvalue weighted by Gasteiger charge is 2.26. The number of hydrogen-bond acceptors (Lipinski definition) is 1. The lowest BCUT2D eigenvalue weighted by Crippen LogP contribution is -3.00. The molecule has 0 saturated carbocycles. The number of aliphatic carboxylic acids is 1. The molecular formula is C8H16ClNO2. The summed E-state index contributed by atoms with van der Waals surface area (Å²) in [6, 6.07) is 0. The standard InChI is InChI=1S/C8H15NO2.ClH/c1-9(7-8(10)11)5-3-2-4-6-9;/h2-7H2,1H3;1H. The van der Waals surface area contributed by atoms with Gasteiger partial charge in [0.05, 0.1) is 20.1 Å². The molecule has 0 unspecified atom stereocenters. The van der Waals surface area contributed by atoms with E-state index in [9.17, 15) is 4.79 Å². The predicted molar refractivity (Wildman–Crippen MR) is 42.3 cm³/mol. The van der Waals surface area contributed by atoms with Gasteiger partial charge in [0.25, 0.3) is 0 Å². The number of halogens is 1. The third-order valence-electron chi connectivity index (χ3n) is 2.41. The molecule has 4 heteroatoms. The normalized spacial score (nSPS) is 21.1. The Balaban J connectivity index is 0.00000121. The van der Waals surface area contributed by atoms with Crippen LogP contribution in [-0.4, -0.2) is 42.2 Å². The summed E-state index contributed by atoms with van der Waals surface area (Å²) < 4.78 is 0.731. The Labute approximate surface area is 79.4 Å². The van der Waals surface area contributed by atoms with Gasteiger partial charge in [-0.3, -0.25) is 0 Å². The molecule has 0 aliphatic carbocycles. The van der Waals surface area contributed by atoms with Gasteiger partial charge in [0, 0.05) is 0 Å². The van der Waals surface area contributed by atoms with Crippen molar-refractivity contribution in [2.24, 2.45) is 0 Å². The van der Waals surface area contributed by atoms with Crippen LogP contribution in [0.1, 0.15) is 19.3 Å². The van der Waals surface area contributed by atoms with E-state index >= 15 is 0 Å². The first kappa shape index (κ1) is 11.7. The Hall–Kier alpha value is -0.280. The van der Waals surface area contributed by atoms with Crippen LogP contribution in [0.15, 0.2) is 0 Å². The minimum atomic E-state index is -0.672. The molecule has 0 amide bonds. The molecule has 0 atom stereocenters. The fraction of sp³-hybridized carbons (Fsp3) is 0.875. The Kier molecular flexibility index (Phi) is 4.57. The third kappa shape index (κ3) is 3.41. The van der Waals surface area contributed by atoms with Crippen molar-refractivity contribution in [2.45, 2.75) is 19.3 Å². The lowest BCUT2D eigenvalue weighted by molar-refractivity contribution is -0.907. The number of rotatable bonds is 2. The van der Waals surface area contributed by atoms with Gasteiger partial charge in [0.15, 0.2) is 6.54 Å². The highest BCUT2D eigenvalue weighted by Crippen LogP contribution is 2.15. The van der Waals surface area contributed by atoms with Crippen molar-refractivity contribution in [3.05, 3.63) is 0 Å². The molecule has 1 saturated heterocycles. The van der Waals surface area contributed by atoms with E-state index in [1.165, 1.54) is 19.3 Å². The van der Waals surface area contributed by atoms with Crippen molar-refractivity contribution in [3.8, 4) is 0 Å². The number of carboxylic acid groups (broad SMARTS) is 1. The highest BCUT2D eigenvalue weighted by molar-refractivity contribution is 5.67. The Morgan fingerprint density at radius 2 is 1.83 bits per heavy atom. The fourth-order valence-electron chi connectivity index (χ4n) is 1.76. The molecular weight excluding hydrogens is 178 g/mol. The van der Waals surface area contributed by atoms with Gasteiger partial charge in [0.2, 0.25) is 0 Å². The number of quaternary nitrogens is 1. The number of likely N-dealkylation sites (tertiary alicyclic amines) is 1. The number of hydrogen-bond donors (Lipinski definition) is 1. The summed E-state index contributed by atoms with van der Waals surface area (Å²) in [6.45, 7) is 2.36. The van der Waals surface area contributed by atoms with Crippen LogP contribution in [-0.2, 0) is 4.79 Å². The summed E-state index contributed by atoms with van der Waals surface area (Å²) in [5.41, 5.74) is 0. The summed E-state index contributed by atoms with van der Waals surface area (Å²) in [5.74, 6) is -0.672. The molecule has 0 spiro atoms.